The summed E-state index contributed by atoms with van der Waals surface area (Å²) in [7, 11) is 1.77. The van der Waals surface area contributed by atoms with Crippen molar-refractivity contribution in [3.05, 3.63) is 22.7 Å². The van der Waals surface area contributed by atoms with Crippen LogP contribution in [0.15, 0.2) is 22.7 Å². The molecule has 4 nitrogen and oxygen atoms in total. The number of anilines is 2. The van der Waals surface area contributed by atoms with E-state index in [-0.39, 0.29) is 12.0 Å². The van der Waals surface area contributed by atoms with Crippen LogP contribution in [0, 0.1) is 0 Å². The highest BCUT2D eigenvalue weighted by atomic mass is 79.9. The predicted molar refractivity (Wildman–Crippen MR) is 84.8 cm³/mol. The number of rotatable bonds is 4. The van der Waals surface area contributed by atoms with Crippen LogP contribution in [0.4, 0.5) is 11.4 Å². The normalized spacial score (nSPS) is 18.8. The summed E-state index contributed by atoms with van der Waals surface area (Å²) in [6, 6.07) is 5.55. The highest BCUT2D eigenvalue weighted by Crippen LogP contribution is 2.27. The maximum absolute atomic E-state index is 12.2. The molecule has 1 aromatic rings. The molecule has 2 N–H and O–H groups in total. The second-order valence-corrected chi connectivity index (χ2v) is 6.10. The van der Waals surface area contributed by atoms with Crippen LogP contribution in [0.5, 0.6) is 0 Å². The summed E-state index contributed by atoms with van der Waals surface area (Å²) >= 11 is 3.37. The van der Waals surface area contributed by atoms with Gasteiger partial charge in [-0.1, -0.05) is 15.9 Å². The van der Waals surface area contributed by atoms with E-state index in [1.165, 1.54) is 6.42 Å². The van der Waals surface area contributed by atoms with Gasteiger partial charge in [-0.05, 0) is 43.9 Å². The highest BCUT2D eigenvalue weighted by Gasteiger charge is 2.18. The SMILES string of the molecule is CN(C(=O)CCC1CCCCO1)c1ccc(Br)cc1N. The first-order valence-corrected chi connectivity index (χ1v) is 7.80. The zero-order chi connectivity index (χ0) is 14.5. The Morgan fingerprint density at radius 2 is 2.30 bits per heavy atom. The lowest BCUT2D eigenvalue weighted by Crippen LogP contribution is -2.29. The number of carbonyl (C=O) groups is 1. The summed E-state index contributed by atoms with van der Waals surface area (Å²) in [5.41, 5.74) is 7.30. The van der Waals surface area contributed by atoms with Crippen molar-refractivity contribution in [2.75, 3.05) is 24.3 Å². The van der Waals surface area contributed by atoms with Crippen molar-refractivity contribution < 1.29 is 9.53 Å². The minimum atomic E-state index is 0.0770. The Kier molecular flexibility index (Phi) is 5.43. The molecular weight excluding hydrogens is 320 g/mol. The number of hydrogen-bond acceptors (Lipinski definition) is 3. The second-order valence-electron chi connectivity index (χ2n) is 5.18. The van der Waals surface area contributed by atoms with Crippen LogP contribution in [-0.4, -0.2) is 25.7 Å². The Labute approximate surface area is 128 Å². The number of amides is 1. The fraction of sp³-hybridized carbons (Fsp3) is 0.533. The summed E-state index contributed by atoms with van der Waals surface area (Å²) < 4.78 is 6.56. The summed E-state index contributed by atoms with van der Waals surface area (Å²) in [5.74, 6) is 0.0770. The van der Waals surface area contributed by atoms with E-state index in [4.69, 9.17) is 10.5 Å². The van der Waals surface area contributed by atoms with Crippen LogP contribution >= 0.6 is 15.9 Å². The molecule has 5 heteroatoms. The summed E-state index contributed by atoms with van der Waals surface area (Å²) in [4.78, 5) is 13.9. The van der Waals surface area contributed by atoms with Gasteiger partial charge < -0.3 is 15.4 Å². The van der Waals surface area contributed by atoms with Crippen molar-refractivity contribution in [3.8, 4) is 0 Å². The number of nitrogens with zero attached hydrogens (tertiary/aromatic N) is 1. The van der Waals surface area contributed by atoms with Gasteiger partial charge in [-0.25, -0.2) is 0 Å². The first-order chi connectivity index (χ1) is 9.58. The zero-order valence-electron chi connectivity index (χ0n) is 11.8. The molecule has 0 aromatic heterocycles. The Morgan fingerprint density at radius 3 is 2.95 bits per heavy atom. The van der Waals surface area contributed by atoms with Crippen LogP contribution in [0.2, 0.25) is 0 Å². The molecule has 0 bridgehead atoms. The number of benzene rings is 1. The smallest absolute Gasteiger partial charge is 0.226 e. The third-order valence-corrected chi connectivity index (χ3v) is 4.17. The lowest BCUT2D eigenvalue weighted by atomic mass is 10.0. The highest BCUT2D eigenvalue weighted by molar-refractivity contribution is 9.10. The van der Waals surface area contributed by atoms with Crippen LogP contribution in [-0.2, 0) is 9.53 Å². The molecule has 0 radical (unpaired) electrons. The lowest BCUT2D eigenvalue weighted by molar-refractivity contribution is -0.119. The average Bonchev–Trinajstić information content (AvgIpc) is 2.45. The van der Waals surface area contributed by atoms with Gasteiger partial charge in [-0.2, -0.15) is 0 Å². The van der Waals surface area contributed by atoms with E-state index in [1.807, 2.05) is 18.2 Å². The number of nitrogens with two attached hydrogens (primary N) is 1. The minimum absolute atomic E-state index is 0.0770. The summed E-state index contributed by atoms with van der Waals surface area (Å²) in [6.45, 7) is 0.828. The van der Waals surface area contributed by atoms with Gasteiger partial charge in [0.1, 0.15) is 0 Å². The largest absolute Gasteiger partial charge is 0.397 e. The van der Waals surface area contributed by atoms with Gasteiger partial charge in [0, 0.05) is 24.5 Å². The molecule has 1 amide bonds. The van der Waals surface area contributed by atoms with E-state index in [0.717, 1.165) is 36.0 Å². The fourth-order valence-electron chi connectivity index (χ4n) is 2.45. The number of halogens is 1. The van der Waals surface area contributed by atoms with Crippen molar-refractivity contribution in [2.45, 2.75) is 38.2 Å². The van der Waals surface area contributed by atoms with E-state index in [9.17, 15) is 4.79 Å². The molecule has 1 aliphatic rings. The number of ether oxygens (including phenoxy) is 1. The van der Waals surface area contributed by atoms with E-state index in [0.29, 0.717) is 12.1 Å². The number of nitrogen functional groups attached to an aromatic ring is 1. The van der Waals surface area contributed by atoms with E-state index in [1.54, 1.807) is 11.9 Å². The number of hydrogen-bond donors (Lipinski definition) is 1. The molecule has 1 aliphatic heterocycles. The third kappa shape index (κ3) is 3.96. The topological polar surface area (TPSA) is 55.6 Å². The number of carbonyl (C=O) groups excluding carboxylic acids is 1. The molecule has 1 saturated heterocycles. The molecule has 20 heavy (non-hydrogen) atoms. The predicted octanol–water partition coefficient (Wildman–Crippen LogP) is 3.34. The standard InChI is InChI=1S/C15H21BrN2O2/c1-18(14-7-5-11(16)10-13(14)17)15(19)8-6-12-4-2-3-9-20-12/h5,7,10,12H,2-4,6,8-9,17H2,1H3. The Balaban J connectivity index is 1.90. The van der Waals surface area contributed by atoms with Gasteiger partial charge in [0.2, 0.25) is 5.91 Å². The molecule has 1 aromatic carbocycles. The van der Waals surface area contributed by atoms with Crippen molar-refractivity contribution in [1.29, 1.82) is 0 Å². The molecule has 2 rings (SSSR count). The Bertz CT molecular complexity index is 473. The van der Waals surface area contributed by atoms with Crippen LogP contribution in [0.3, 0.4) is 0 Å². The first-order valence-electron chi connectivity index (χ1n) is 7.01. The molecule has 0 saturated carbocycles. The van der Waals surface area contributed by atoms with Gasteiger partial charge in [0.25, 0.3) is 0 Å². The van der Waals surface area contributed by atoms with Crippen molar-refractivity contribution >= 4 is 33.2 Å². The Morgan fingerprint density at radius 1 is 1.50 bits per heavy atom. The van der Waals surface area contributed by atoms with Gasteiger partial charge in [0.05, 0.1) is 17.5 Å². The van der Waals surface area contributed by atoms with E-state index < -0.39 is 0 Å². The van der Waals surface area contributed by atoms with Gasteiger partial charge >= 0.3 is 0 Å². The Hall–Kier alpha value is -1.07. The maximum Gasteiger partial charge on any atom is 0.226 e. The molecule has 1 heterocycles. The molecule has 1 atom stereocenters. The first kappa shape index (κ1) is 15.3. The van der Waals surface area contributed by atoms with Gasteiger partial charge in [0.15, 0.2) is 0 Å². The van der Waals surface area contributed by atoms with Crippen LogP contribution < -0.4 is 10.6 Å². The summed E-state index contributed by atoms with van der Waals surface area (Å²) in [5, 5.41) is 0. The quantitative estimate of drug-likeness (QED) is 0.855. The second kappa shape index (κ2) is 7.09. The summed E-state index contributed by atoms with van der Waals surface area (Å²) in [6.07, 6.45) is 4.94. The van der Waals surface area contributed by atoms with Crippen molar-refractivity contribution in [2.24, 2.45) is 0 Å². The van der Waals surface area contributed by atoms with E-state index in [2.05, 4.69) is 15.9 Å². The van der Waals surface area contributed by atoms with Crippen molar-refractivity contribution in [1.82, 2.24) is 0 Å². The van der Waals surface area contributed by atoms with Gasteiger partial charge in [-0.15, -0.1) is 0 Å². The van der Waals surface area contributed by atoms with Crippen molar-refractivity contribution in [3.63, 3.8) is 0 Å². The molecule has 1 unspecified atom stereocenters. The third-order valence-electron chi connectivity index (χ3n) is 3.68. The lowest BCUT2D eigenvalue weighted by Gasteiger charge is -2.24. The molecule has 0 spiro atoms. The minimum Gasteiger partial charge on any atom is -0.397 e. The molecule has 0 aliphatic carbocycles. The fourth-order valence-corrected chi connectivity index (χ4v) is 2.83. The van der Waals surface area contributed by atoms with Gasteiger partial charge in [-0.3, -0.25) is 4.79 Å². The maximum atomic E-state index is 12.2. The van der Waals surface area contributed by atoms with Crippen LogP contribution in [0.25, 0.3) is 0 Å². The molecular formula is C15H21BrN2O2. The molecule has 110 valence electrons. The zero-order valence-corrected chi connectivity index (χ0v) is 13.4. The van der Waals surface area contributed by atoms with Crippen LogP contribution in [0.1, 0.15) is 32.1 Å². The monoisotopic (exact) mass is 340 g/mol. The average molecular weight is 341 g/mol. The van der Waals surface area contributed by atoms with E-state index >= 15 is 0 Å². The molecule has 1 fully saturated rings.